The smallest absolute Gasteiger partial charge is 0.295 e. The van der Waals surface area contributed by atoms with Crippen LogP contribution in [0.2, 0.25) is 5.02 Å². The van der Waals surface area contributed by atoms with Crippen molar-refractivity contribution in [2.75, 3.05) is 5.32 Å². The second-order valence-corrected chi connectivity index (χ2v) is 7.88. The fraction of sp³-hybridized carbons (Fsp3) is 0.0385. The number of hydrogen-bond donors (Lipinski definition) is 1. The lowest BCUT2D eigenvalue weighted by molar-refractivity contribution is 0.101. The molecule has 0 atom stereocenters. The minimum Gasteiger partial charge on any atom is -0.319 e. The van der Waals surface area contributed by atoms with Gasteiger partial charge in [-0.3, -0.25) is 4.79 Å². The molecule has 0 saturated heterocycles. The molecule has 0 fully saturated rings. The van der Waals surface area contributed by atoms with Gasteiger partial charge in [-0.05, 0) is 36.1 Å². The number of anilines is 1. The van der Waals surface area contributed by atoms with Crippen LogP contribution in [0.1, 0.15) is 16.2 Å². The zero-order valence-corrected chi connectivity index (χ0v) is 18.0. The lowest BCUT2D eigenvalue weighted by atomic mass is 10.1. The van der Waals surface area contributed by atoms with Crippen LogP contribution in [0.25, 0.3) is 27.8 Å². The first-order valence-corrected chi connectivity index (χ1v) is 10.6. The van der Waals surface area contributed by atoms with Gasteiger partial charge in [0.05, 0.1) is 5.69 Å². The molecule has 0 aliphatic carbocycles. The number of aromatic nitrogens is 3. The van der Waals surface area contributed by atoms with Crippen molar-refractivity contribution >= 4 is 34.0 Å². The second-order valence-electron chi connectivity index (χ2n) is 7.45. The summed E-state index contributed by atoms with van der Waals surface area (Å²) in [5, 5.41) is 10.1. The summed E-state index contributed by atoms with van der Waals surface area (Å²) in [6, 6.07) is 28.9. The van der Waals surface area contributed by atoms with Crippen molar-refractivity contribution in [3.05, 3.63) is 107 Å². The van der Waals surface area contributed by atoms with E-state index in [-0.39, 0.29) is 11.7 Å². The SMILES string of the molecule is Cc1ccc(Cl)cc1-n1nc(C(=O)Nc2cccc3ccccc23)nc1-c1ccccc1. The Kier molecular flexibility index (Phi) is 5.17. The zero-order valence-electron chi connectivity index (χ0n) is 17.3. The van der Waals surface area contributed by atoms with Crippen LogP contribution in [0.4, 0.5) is 5.69 Å². The fourth-order valence-corrected chi connectivity index (χ4v) is 3.84. The number of carbonyl (C=O) groups excluding carboxylic acids is 1. The van der Waals surface area contributed by atoms with Crippen molar-refractivity contribution in [2.45, 2.75) is 6.92 Å². The summed E-state index contributed by atoms with van der Waals surface area (Å²) in [6.45, 7) is 1.97. The summed E-state index contributed by atoms with van der Waals surface area (Å²) in [4.78, 5) is 17.8. The molecular weight excluding hydrogens is 420 g/mol. The highest BCUT2D eigenvalue weighted by atomic mass is 35.5. The van der Waals surface area contributed by atoms with Gasteiger partial charge in [-0.1, -0.05) is 84.4 Å². The molecule has 0 spiro atoms. The minimum absolute atomic E-state index is 0.0798. The average molecular weight is 439 g/mol. The monoisotopic (exact) mass is 438 g/mol. The van der Waals surface area contributed by atoms with Gasteiger partial charge in [0.15, 0.2) is 5.82 Å². The lowest BCUT2D eigenvalue weighted by Gasteiger charge is -2.09. The van der Waals surface area contributed by atoms with Gasteiger partial charge >= 0.3 is 0 Å². The highest BCUT2D eigenvalue weighted by molar-refractivity contribution is 6.30. The van der Waals surface area contributed by atoms with Crippen LogP contribution < -0.4 is 5.32 Å². The Labute approximate surface area is 190 Å². The molecule has 5 nitrogen and oxygen atoms in total. The summed E-state index contributed by atoms with van der Waals surface area (Å²) >= 11 is 6.26. The normalized spacial score (nSPS) is 10.9. The first kappa shape index (κ1) is 20.0. The van der Waals surface area contributed by atoms with E-state index in [1.54, 1.807) is 4.68 Å². The molecule has 1 heterocycles. The van der Waals surface area contributed by atoms with E-state index in [4.69, 9.17) is 11.6 Å². The Morgan fingerprint density at radius 3 is 2.50 bits per heavy atom. The zero-order chi connectivity index (χ0) is 22.1. The van der Waals surface area contributed by atoms with Gasteiger partial charge in [0.25, 0.3) is 5.91 Å². The summed E-state index contributed by atoms with van der Waals surface area (Å²) in [5.74, 6) is 0.271. The number of benzene rings is 4. The number of fused-ring (bicyclic) bond motifs is 1. The molecule has 6 heteroatoms. The maximum absolute atomic E-state index is 13.2. The first-order chi connectivity index (χ1) is 15.6. The van der Waals surface area contributed by atoms with E-state index in [0.29, 0.717) is 16.5 Å². The summed E-state index contributed by atoms with van der Waals surface area (Å²) < 4.78 is 1.68. The van der Waals surface area contributed by atoms with Crippen LogP contribution in [0.3, 0.4) is 0 Å². The molecule has 156 valence electrons. The van der Waals surface area contributed by atoms with Crippen molar-refractivity contribution in [2.24, 2.45) is 0 Å². The quantitative estimate of drug-likeness (QED) is 0.358. The van der Waals surface area contributed by atoms with Gasteiger partial charge in [-0.25, -0.2) is 9.67 Å². The first-order valence-electron chi connectivity index (χ1n) is 10.2. The number of aryl methyl sites for hydroxylation is 1. The predicted molar refractivity (Wildman–Crippen MR) is 128 cm³/mol. The lowest BCUT2D eigenvalue weighted by Crippen LogP contribution is -2.14. The maximum atomic E-state index is 13.2. The molecule has 5 aromatic rings. The third kappa shape index (κ3) is 3.74. The molecule has 0 bridgehead atoms. The Morgan fingerprint density at radius 1 is 0.906 bits per heavy atom. The second kappa shape index (κ2) is 8.29. The van der Waals surface area contributed by atoms with Crippen LogP contribution in [0.5, 0.6) is 0 Å². The number of halogens is 1. The van der Waals surface area contributed by atoms with Crippen LogP contribution >= 0.6 is 11.6 Å². The van der Waals surface area contributed by atoms with Crippen LogP contribution in [0, 0.1) is 6.92 Å². The molecule has 4 aromatic carbocycles. The molecule has 0 radical (unpaired) electrons. The van der Waals surface area contributed by atoms with E-state index in [1.807, 2.05) is 97.9 Å². The highest BCUT2D eigenvalue weighted by Gasteiger charge is 2.20. The summed E-state index contributed by atoms with van der Waals surface area (Å²) in [6.07, 6.45) is 0. The predicted octanol–water partition coefficient (Wildman–Crippen LogP) is 6.30. The number of hydrogen-bond acceptors (Lipinski definition) is 3. The minimum atomic E-state index is -0.378. The van der Waals surface area contributed by atoms with Gasteiger partial charge in [-0.15, -0.1) is 5.10 Å². The molecule has 0 saturated carbocycles. The van der Waals surface area contributed by atoms with Gasteiger partial charge in [0.1, 0.15) is 0 Å². The molecule has 1 N–H and O–H groups in total. The van der Waals surface area contributed by atoms with Crippen molar-refractivity contribution < 1.29 is 4.79 Å². The number of amides is 1. The fourth-order valence-electron chi connectivity index (χ4n) is 3.67. The Morgan fingerprint density at radius 2 is 1.66 bits per heavy atom. The number of rotatable bonds is 4. The molecule has 0 unspecified atom stereocenters. The maximum Gasteiger partial charge on any atom is 0.295 e. The number of carbonyl (C=O) groups is 1. The Bertz CT molecular complexity index is 1440. The number of nitrogens with one attached hydrogen (secondary N) is 1. The largest absolute Gasteiger partial charge is 0.319 e. The average Bonchev–Trinajstić information content (AvgIpc) is 3.27. The van der Waals surface area contributed by atoms with Gasteiger partial charge in [-0.2, -0.15) is 0 Å². The van der Waals surface area contributed by atoms with E-state index < -0.39 is 0 Å². The summed E-state index contributed by atoms with van der Waals surface area (Å²) in [5.41, 5.74) is 3.30. The van der Waals surface area contributed by atoms with Crippen LogP contribution in [0.15, 0.2) is 91.0 Å². The van der Waals surface area contributed by atoms with E-state index >= 15 is 0 Å². The third-order valence-electron chi connectivity index (χ3n) is 5.28. The van der Waals surface area contributed by atoms with Gasteiger partial charge in [0, 0.05) is 21.7 Å². The number of nitrogens with zero attached hydrogens (tertiary/aromatic N) is 3. The van der Waals surface area contributed by atoms with Crippen molar-refractivity contribution in [1.82, 2.24) is 14.8 Å². The van der Waals surface area contributed by atoms with Crippen LogP contribution in [-0.2, 0) is 0 Å². The van der Waals surface area contributed by atoms with E-state index in [9.17, 15) is 4.79 Å². The van der Waals surface area contributed by atoms with E-state index in [2.05, 4.69) is 15.4 Å². The molecule has 0 aliphatic rings. The standard InChI is InChI=1S/C26H19ClN4O/c1-17-14-15-20(27)16-23(17)31-25(19-9-3-2-4-10-19)29-24(30-31)26(32)28-22-13-7-11-18-8-5-6-12-21(18)22/h2-16H,1H3,(H,28,32). The van der Waals surface area contributed by atoms with E-state index in [1.165, 1.54) is 0 Å². The molecule has 0 aliphatic heterocycles. The van der Waals surface area contributed by atoms with Crippen molar-refractivity contribution in [3.8, 4) is 17.1 Å². The van der Waals surface area contributed by atoms with E-state index in [0.717, 1.165) is 27.6 Å². The molecule has 1 amide bonds. The van der Waals surface area contributed by atoms with Crippen molar-refractivity contribution in [1.29, 1.82) is 0 Å². The highest BCUT2D eigenvalue weighted by Crippen LogP contribution is 2.27. The van der Waals surface area contributed by atoms with Crippen molar-refractivity contribution in [3.63, 3.8) is 0 Å². The Balaban J connectivity index is 1.59. The van der Waals surface area contributed by atoms with Gasteiger partial charge in [0.2, 0.25) is 5.82 Å². The van der Waals surface area contributed by atoms with Gasteiger partial charge < -0.3 is 5.32 Å². The Hall–Kier alpha value is -3.96. The molecule has 32 heavy (non-hydrogen) atoms. The topological polar surface area (TPSA) is 59.8 Å². The molecule has 1 aromatic heterocycles. The summed E-state index contributed by atoms with van der Waals surface area (Å²) in [7, 11) is 0. The molecule has 5 rings (SSSR count). The third-order valence-corrected chi connectivity index (χ3v) is 5.51. The molecular formula is C26H19ClN4O. The van der Waals surface area contributed by atoms with Crippen LogP contribution in [-0.4, -0.2) is 20.7 Å².